The van der Waals surface area contributed by atoms with Crippen molar-refractivity contribution in [3.8, 4) is 11.8 Å². The van der Waals surface area contributed by atoms with Crippen molar-refractivity contribution in [1.82, 2.24) is 9.88 Å². The Labute approximate surface area is 192 Å². The fraction of sp³-hybridized carbons (Fsp3) is 0.414. The number of likely N-dealkylation sites (tertiary alicyclic amines) is 1. The smallest absolute Gasteiger partial charge is 0.113 e. The Hall–Kier alpha value is -2.67. The zero-order chi connectivity index (χ0) is 22.4. The van der Waals surface area contributed by atoms with Gasteiger partial charge in [-0.2, -0.15) is 0 Å². The molecule has 0 amide bonds. The van der Waals surface area contributed by atoms with Crippen LogP contribution in [0.2, 0.25) is 0 Å². The highest BCUT2D eigenvalue weighted by Crippen LogP contribution is 2.29. The van der Waals surface area contributed by atoms with Crippen LogP contribution in [0.3, 0.4) is 0 Å². The summed E-state index contributed by atoms with van der Waals surface area (Å²) in [5.74, 6) is 7.21. The van der Waals surface area contributed by atoms with Gasteiger partial charge in [0.25, 0.3) is 0 Å². The van der Waals surface area contributed by atoms with Crippen LogP contribution in [-0.2, 0) is 0 Å². The summed E-state index contributed by atoms with van der Waals surface area (Å²) in [4.78, 5) is 6.94. The first-order valence-electron chi connectivity index (χ1n) is 11.9. The van der Waals surface area contributed by atoms with Gasteiger partial charge in [-0.05, 0) is 85.8 Å². The van der Waals surface area contributed by atoms with Crippen LogP contribution in [0.1, 0.15) is 68.3 Å². The van der Waals surface area contributed by atoms with Crippen LogP contribution >= 0.6 is 0 Å². The molecule has 1 aliphatic heterocycles. The molecule has 2 heterocycles. The lowest BCUT2D eigenvalue weighted by molar-refractivity contribution is -0.00241. The summed E-state index contributed by atoms with van der Waals surface area (Å²) in [5, 5.41) is 10.1. The quantitative estimate of drug-likeness (QED) is 0.652. The monoisotopic (exact) mass is 426 g/mol. The van der Waals surface area contributed by atoms with Crippen molar-refractivity contribution in [3.05, 3.63) is 77.1 Å². The average Bonchev–Trinajstić information content (AvgIpc) is 2.81. The van der Waals surface area contributed by atoms with Gasteiger partial charge in [-0.3, -0.25) is 4.90 Å². The molecule has 1 aromatic carbocycles. The highest BCUT2D eigenvalue weighted by molar-refractivity contribution is 5.66. The molecular weight excluding hydrogens is 392 g/mol. The number of allylic oxidation sites excluding steroid dienone is 2. The van der Waals surface area contributed by atoms with Crippen LogP contribution in [0, 0.1) is 17.8 Å². The minimum Gasteiger partial charge on any atom is -0.390 e. The Bertz CT molecular complexity index is 1010. The molecule has 32 heavy (non-hydrogen) atoms. The first kappa shape index (κ1) is 22.5. The Morgan fingerprint density at radius 2 is 1.91 bits per heavy atom. The van der Waals surface area contributed by atoms with Crippen molar-refractivity contribution in [2.24, 2.45) is 5.92 Å². The van der Waals surface area contributed by atoms with Gasteiger partial charge in [0.2, 0.25) is 0 Å². The van der Waals surface area contributed by atoms with Gasteiger partial charge in [0.05, 0.1) is 5.60 Å². The van der Waals surface area contributed by atoms with Crippen LogP contribution in [0.15, 0.2) is 54.7 Å². The minimum absolute atomic E-state index is 0.486. The molecule has 1 atom stereocenters. The largest absolute Gasteiger partial charge is 0.390 e. The molecule has 0 radical (unpaired) electrons. The molecule has 3 heteroatoms. The lowest BCUT2D eigenvalue weighted by Crippen LogP contribution is -2.42. The molecule has 4 rings (SSSR count). The normalized spacial score (nSPS) is 21.1. The Balaban J connectivity index is 1.29. The molecule has 1 aromatic heterocycles. The average molecular weight is 427 g/mol. The molecular formula is C29H34N2O. The Morgan fingerprint density at radius 3 is 2.56 bits per heavy atom. The van der Waals surface area contributed by atoms with Crippen LogP contribution in [0.4, 0.5) is 0 Å². The van der Waals surface area contributed by atoms with E-state index in [1.165, 1.54) is 29.5 Å². The number of aliphatic hydroxyl groups is 1. The summed E-state index contributed by atoms with van der Waals surface area (Å²) in [5.41, 5.74) is 5.15. The van der Waals surface area contributed by atoms with E-state index in [2.05, 4.69) is 77.2 Å². The zero-order valence-electron chi connectivity index (χ0n) is 19.3. The summed E-state index contributed by atoms with van der Waals surface area (Å²) >= 11 is 0. The first-order chi connectivity index (χ1) is 15.5. The van der Waals surface area contributed by atoms with Crippen molar-refractivity contribution in [2.45, 2.75) is 51.6 Å². The van der Waals surface area contributed by atoms with Gasteiger partial charge < -0.3 is 5.11 Å². The molecule has 3 nitrogen and oxygen atoms in total. The number of hydrogen-bond acceptors (Lipinski definition) is 3. The van der Waals surface area contributed by atoms with E-state index in [0.717, 1.165) is 56.1 Å². The van der Waals surface area contributed by atoms with Crippen molar-refractivity contribution >= 4 is 11.6 Å². The van der Waals surface area contributed by atoms with Gasteiger partial charge in [0.1, 0.15) is 5.69 Å². The summed E-state index contributed by atoms with van der Waals surface area (Å²) in [6, 6.07) is 12.5. The third kappa shape index (κ3) is 6.42. The number of nitrogens with zero attached hydrogens (tertiary/aromatic N) is 2. The predicted molar refractivity (Wildman–Crippen MR) is 133 cm³/mol. The van der Waals surface area contributed by atoms with Gasteiger partial charge in [0, 0.05) is 31.4 Å². The van der Waals surface area contributed by atoms with Crippen molar-refractivity contribution in [3.63, 3.8) is 0 Å². The number of piperidine rings is 1. The fourth-order valence-corrected chi connectivity index (χ4v) is 4.25. The number of benzene rings is 1. The molecule has 0 saturated carbocycles. The van der Waals surface area contributed by atoms with Gasteiger partial charge in [0.15, 0.2) is 0 Å². The summed E-state index contributed by atoms with van der Waals surface area (Å²) in [6.45, 7) is 7.09. The van der Waals surface area contributed by atoms with Crippen molar-refractivity contribution < 1.29 is 5.11 Å². The molecule has 2 aromatic rings. The summed E-state index contributed by atoms with van der Waals surface area (Å²) in [6.07, 6.45) is 14.0. The summed E-state index contributed by atoms with van der Waals surface area (Å²) < 4.78 is 0. The molecule has 2 aliphatic rings. The Kier molecular flexibility index (Phi) is 7.25. The third-order valence-corrected chi connectivity index (χ3v) is 6.66. The van der Waals surface area contributed by atoms with Crippen LogP contribution < -0.4 is 0 Å². The second-order valence-corrected chi connectivity index (χ2v) is 9.61. The third-order valence-electron chi connectivity index (χ3n) is 6.66. The second-order valence-electron chi connectivity index (χ2n) is 9.61. The minimum atomic E-state index is -0.486. The molecule has 1 N–H and O–H groups in total. The van der Waals surface area contributed by atoms with Gasteiger partial charge in [-0.1, -0.05) is 49.3 Å². The van der Waals surface area contributed by atoms with Gasteiger partial charge >= 0.3 is 0 Å². The van der Waals surface area contributed by atoms with E-state index in [4.69, 9.17) is 0 Å². The number of pyridine rings is 1. The van der Waals surface area contributed by atoms with Crippen molar-refractivity contribution in [2.75, 3.05) is 19.6 Å². The van der Waals surface area contributed by atoms with Crippen molar-refractivity contribution in [1.29, 1.82) is 0 Å². The molecule has 1 unspecified atom stereocenters. The van der Waals surface area contributed by atoms with E-state index < -0.39 is 5.60 Å². The number of rotatable bonds is 4. The highest BCUT2D eigenvalue weighted by Gasteiger charge is 2.26. The van der Waals surface area contributed by atoms with Crippen LogP contribution in [0.25, 0.3) is 11.6 Å². The first-order valence-corrected chi connectivity index (χ1v) is 11.9. The number of aromatic nitrogens is 1. The molecule has 0 spiro atoms. The van der Waals surface area contributed by atoms with E-state index in [1.54, 1.807) is 0 Å². The SMILES string of the molecule is CC1CC=C(c2ccc(C#Cc3ccc(/C=C/CN4CCC(C)(O)CC4)cc3)nc2)CC1. The lowest BCUT2D eigenvalue weighted by atomic mass is 9.88. The molecule has 0 bridgehead atoms. The molecule has 166 valence electrons. The van der Waals surface area contributed by atoms with E-state index in [-0.39, 0.29) is 0 Å². The van der Waals surface area contributed by atoms with Gasteiger partial charge in [-0.15, -0.1) is 0 Å². The van der Waals surface area contributed by atoms with Gasteiger partial charge in [-0.25, -0.2) is 4.98 Å². The van der Waals surface area contributed by atoms with Crippen LogP contribution in [0.5, 0.6) is 0 Å². The fourth-order valence-electron chi connectivity index (χ4n) is 4.25. The standard InChI is InChI=1S/C29H34N2O/c1-23-5-12-26(13-6-23)27-14-16-28(30-22-27)15-11-25-9-7-24(8-10-25)4-3-19-31-20-17-29(2,32)18-21-31/h3-4,7-10,12,14,16,22-23,32H,5-6,13,17-21H2,1-2H3/b4-3+. The highest BCUT2D eigenvalue weighted by atomic mass is 16.3. The maximum Gasteiger partial charge on any atom is 0.113 e. The van der Waals surface area contributed by atoms with Crippen LogP contribution in [-0.4, -0.2) is 40.2 Å². The maximum absolute atomic E-state index is 10.1. The maximum atomic E-state index is 10.1. The van der Waals surface area contributed by atoms with E-state index in [1.807, 2.05) is 19.2 Å². The predicted octanol–water partition coefficient (Wildman–Crippen LogP) is 5.54. The van der Waals surface area contributed by atoms with E-state index in [0.29, 0.717) is 0 Å². The summed E-state index contributed by atoms with van der Waals surface area (Å²) in [7, 11) is 0. The van der Waals surface area contributed by atoms with E-state index >= 15 is 0 Å². The molecule has 1 fully saturated rings. The molecule has 1 aliphatic carbocycles. The van der Waals surface area contributed by atoms with E-state index in [9.17, 15) is 5.11 Å². The second kappa shape index (κ2) is 10.3. The lowest BCUT2D eigenvalue weighted by Gasteiger charge is -2.35. The number of hydrogen-bond donors (Lipinski definition) is 1. The zero-order valence-corrected chi connectivity index (χ0v) is 19.3. The topological polar surface area (TPSA) is 36.4 Å². The molecule has 1 saturated heterocycles. The Morgan fingerprint density at radius 1 is 1.12 bits per heavy atom.